The molecule has 158 valence electrons. The molecule has 0 aliphatic carbocycles. The molecule has 2 aromatic heterocycles. The zero-order valence-electron chi connectivity index (χ0n) is 17.5. The van der Waals surface area contributed by atoms with Gasteiger partial charge in [0.25, 0.3) is 0 Å². The lowest BCUT2D eigenvalue weighted by atomic mass is 9.96. The van der Waals surface area contributed by atoms with Crippen molar-refractivity contribution in [1.29, 1.82) is 0 Å². The van der Waals surface area contributed by atoms with Gasteiger partial charge in [-0.15, -0.1) is 0 Å². The van der Waals surface area contributed by atoms with Crippen LogP contribution in [0.1, 0.15) is 29.4 Å². The van der Waals surface area contributed by atoms with Gasteiger partial charge in [-0.3, -0.25) is 14.6 Å². The molecular formula is C23H23N5O3. The van der Waals surface area contributed by atoms with Gasteiger partial charge < -0.3 is 14.3 Å². The minimum atomic E-state index is -0.316. The van der Waals surface area contributed by atoms with E-state index in [0.717, 1.165) is 16.8 Å². The summed E-state index contributed by atoms with van der Waals surface area (Å²) in [5.41, 5.74) is 3.97. The van der Waals surface area contributed by atoms with Crippen LogP contribution in [0.25, 0.3) is 11.4 Å². The van der Waals surface area contributed by atoms with Gasteiger partial charge in [0.2, 0.25) is 23.5 Å². The SMILES string of the molecule is Cc1ccc(N2CC(C(=O)N3CC(c4nc(-c5cccnc5)no4)C3)CC2=O)cc1C. The van der Waals surface area contributed by atoms with Crippen LogP contribution in [0.15, 0.2) is 47.2 Å². The number of hydrogen-bond donors (Lipinski definition) is 0. The average molecular weight is 417 g/mol. The van der Waals surface area contributed by atoms with Crippen molar-refractivity contribution in [2.75, 3.05) is 24.5 Å². The second-order valence-corrected chi connectivity index (χ2v) is 8.31. The first-order valence-electron chi connectivity index (χ1n) is 10.4. The number of pyridine rings is 1. The number of likely N-dealkylation sites (tertiary alicyclic amines) is 1. The molecule has 2 fully saturated rings. The van der Waals surface area contributed by atoms with Gasteiger partial charge in [0.1, 0.15) is 0 Å². The summed E-state index contributed by atoms with van der Waals surface area (Å²) < 4.78 is 5.40. The van der Waals surface area contributed by atoms with E-state index in [-0.39, 0.29) is 30.1 Å². The molecule has 4 heterocycles. The third-order valence-electron chi connectivity index (χ3n) is 6.18. The van der Waals surface area contributed by atoms with Gasteiger partial charge in [-0.2, -0.15) is 4.98 Å². The third kappa shape index (κ3) is 3.58. The van der Waals surface area contributed by atoms with Crippen LogP contribution in [-0.2, 0) is 9.59 Å². The number of carbonyl (C=O) groups is 2. The van der Waals surface area contributed by atoms with E-state index >= 15 is 0 Å². The molecule has 2 saturated heterocycles. The number of nitrogens with zero attached hydrogens (tertiary/aromatic N) is 5. The van der Waals surface area contributed by atoms with Crippen molar-refractivity contribution in [2.45, 2.75) is 26.2 Å². The van der Waals surface area contributed by atoms with Crippen LogP contribution in [0.2, 0.25) is 0 Å². The Morgan fingerprint density at radius 3 is 2.71 bits per heavy atom. The van der Waals surface area contributed by atoms with Gasteiger partial charge in [-0.25, -0.2) is 0 Å². The number of hydrogen-bond acceptors (Lipinski definition) is 6. The Balaban J connectivity index is 1.20. The number of anilines is 1. The predicted octanol–water partition coefficient (Wildman–Crippen LogP) is 2.73. The molecule has 2 aliphatic rings. The molecular weight excluding hydrogens is 394 g/mol. The second kappa shape index (κ2) is 7.61. The van der Waals surface area contributed by atoms with E-state index in [1.807, 2.05) is 44.2 Å². The van der Waals surface area contributed by atoms with E-state index in [1.54, 1.807) is 22.2 Å². The van der Waals surface area contributed by atoms with Gasteiger partial charge in [-0.1, -0.05) is 11.2 Å². The Kier molecular flexibility index (Phi) is 4.77. The smallest absolute Gasteiger partial charge is 0.233 e. The Morgan fingerprint density at radius 1 is 1.13 bits per heavy atom. The highest BCUT2D eigenvalue weighted by Crippen LogP contribution is 2.32. The number of carbonyl (C=O) groups excluding carboxylic acids is 2. The lowest BCUT2D eigenvalue weighted by Crippen LogP contribution is -2.51. The number of benzene rings is 1. The standard InChI is InChI=1S/C23H23N5O3/c1-14-5-6-19(8-15(14)2)28-13-17(9-20(28)29)23(30)27-11-18(12-27)22-25-21(26-31-22)16-4-3-7-24-10-16/h3-8,10,17-18H,9,11-13H2,1-2H3. The van der Waals surface area contributed by atoms with E-state index in [4.69, 9.17) is 4.52 Å². The van der Waals surface area contributed by atoms with Crippen molar-refractivity contribution >= 4 is 17.5 Å². The van der Waals surface area contributed by atoms with Gasteiger partial charge >= 0.3 is 0 Å². The molecule has 0 bridgehead atoms. The van der Waals surface area contributed by atoms with Crippen LogP contribution >= 0.6 is 0 Å². The summed E-state index contributed by atoms with van der Waals surface area (Å²) in [4.78, 5) is 37.5. The zero-order valence-corrected chi connectivity index (χ0v) is 17.5. The van der Waals surface area contributed by atoms with Crippen molar-refractivity contribution in [2.24, 2.45) is 5.92 Å². The molecule has 3 aromatic rings. The van der Waals surface area contributed by atoms with Gasteiger partial charge in [-0.05, 0) is 49.2 Å². The molecule has 1 aromatic carbocycles. The zero-order chi connectivity index (χ0) is 21.5. The summed E-state index contributed by atoms with van der Waals surface area (Å²) >= 11 is 0. The van der Waals surface area contributed by atoms with Crippen LogP contribution in [0.5, 0.6) is 0 Å². The Labute approximate surface area is 179 Å². The third-order valence-corrected chi connectivity index (χ3v) is 6.18. The van der Waals surface area contributed by atoms with Gasteiger partial charge in [0, 0.05) is 49.7 Å². The van der Waals surface area contributed by atoms with Gasteiger partial charge in [0.05, 0.1) is 11.8 Å². The maximum Gasteiger partial charge on any atom is 0.233 e. The number of amides is 2. The molecule has 0 spiro atoms. The molecule has 0 radical (unpaired) electrons. The molecule has 1 atom stereocenters. The summed E-state index contributed by atoms with van der Waals surface area (Å²) in [6.07, 6.45) is 3.62. The van der Waals surface area contributed by atoms with Crippen LogP contribution in [0, 0.1) is 19.8 Å². The highest BCUT2D eigenvalue weighted by atomic mass is 16.5. The molecule has 1 unspecified atom stereocenters. The summed E-state index contributed by atoms with van der Waals surface area (Å²) in [6, 6.07) is 9.66. The van der Waals surface area contributed by atoms with E-state index in [1.165, 1.54) is 5.56 Å². The largest absolute Gasteiger partial charge is 0.341 e. The Morgan fingerprint density at radius 2 is 1.97 bits per heavy atom. The summed E-state index contributed by atoms with van der Waals surface area (Å²) in [6.45, 7) is 5.55. The highest BCUT2D eigenvalue weighted by Gasteiger charge is 2.42. The fourth-order valence-electron chi connectivity index (χ4n) is 4.10. The lowest BCUT2D eigenvalue weighted by Gasteiger charge is -2.38. The monoisotopic (exact) mass is 417 g/mol. The quantitative estimate of drug-likeness (QED) is 0.648. The van der Waals surface area contributed by atoms with E-state index < -0.39 is 0 Å². The van der Waals surface area contributed by atoms with Crippen molar-refractivity contribution < 1.29 is 14.1 Å². The molecule has 0 saturated carbocycles. The lowest BCUT2D eigenvalue weighted by molar-refractivity contribution is -0.140. The number of aromatic nitrogens is 3. The van der Waals surface area contributed by atoms with E-state index in [9.17, 15) is 9.59 Å². The number of aryl methyl sites for hydroxylation is 2. The molecule has 0 N–H and O–H groups in total. The Hall–Kier alpha value is -3.55. The molecule has 2 amide bonds. The minimum Gasteiger partial charge on any atom is -0.341 e. The maximum atomic E-state index is 12.9. The molecule has 8 nitrogen and oxygen atoms in total. The topological polar surface area (TPSA) is 92.4 Å². The Bertz CT molecular complexity index is 1140. The fraction of sp³-hybridized carbons (Fsp3) is 0.348. The average Bonchev–Trinajstić information content (AvgIpc) is 3.37. The van der Waals surface area contributed by atoms with Crippen molar-refractivity contribution in [3.8, 4) is 11.4 Å². The summed E-state index contributed by atoms with van der Waals surface area (Å²) in [7, 11) is 0. The predicted molar refractivity (Wildman–Crippen MR) is 113 cm³/mol. The second-order valence-electron chi connectivity index (χ2n) is 8.31. The van der Waals surface area contributed by atoms with Crippen LogP contribution in [-0.4, -0.2) is 51.5 Å². The van der Waals surface area contributed by atoms with Crippen LogP contribution in [0.4, 0.5) is 5.69 Å². The van der Waals surface area contributed by atoms with Crippen LogP contribution in [0.3, 0.4) is 0 Å². The molecule has 5 rings (SSSR count). The molecule has 8 heteroatoms. The van der Waals surface area contributed by atoms with Gasteiger partial charge in [0.15, 0.2) is 0 Å². The summed E-state index contributed by atoms with van der Waals surface area (Å²) in [5, 5.41) is 4.02. The summed E-state index contributed by atoms with van der Waals surface area (Å²) in [5.74, 6) is 0.749. The van der Waals surface area contributed by atoms with Crippen LogP contribution < -0.4 is 4.90 Å². The normalized spacial score (nSPS) is 19.0. The van der Waals surface area contributed by atoms with Crippen molar-refractivity contribution in [3.63, 3.8) is 0 Å². The maximum absolute atomic E-state index is 12.9. The van der Waals surface area contributed by atoms with E-state index in [2.05, 4.69) is 15.1 Å². The highest BCUT2D eigenvalue weighted by molar-refractivity contribution is 6.00. The van der Waals surface area contributed by atoms with Crippen molar-refractivity contribution in [3.05, 3.63) is 59.7 Å². The van der Waals surface area contributed by atoms with Crippen molar-refractivity contribution in [1.82, 2.24) is 20.0 Å². The van der Waals surface area contributed by atoms with E-state index in [0.29, 0.717) is 31.3 Å². The first-order valence-corrected chi connectivity index (χ1v) is 10.4. The number of rotatable bonds is 4. The molecule has 2 aliphatic heterocycles. The first-order chi connectivity index (χ1) is 15.0. The first kappa shape index (κ1) is 19.4. The fourth-order valence-corrected chi connectivity index (χ4v) is 4.10. The minimum absolute atomic E-state index is 0.00306. The molecule has 31 heavy (non-hydrogen) atoms.